The Morgan fingerprint density at radius 2 is 1.75 bits per heavy atom. The summed E-state index contributed by atoms with van der Waals surface area (Å²) in [5.74, 6) is 0.310. The van der Waals surface area contributed by atoms with Crippen LogP contribution in [-0.4, -0.2) is 33.4 Å². The molecule has 2 aromatic heterocycles. The Kier molecular flexibility index (Phi) is 6.69. The zero-order valence-corrected chi connectivity index (χ0v) is 18.0. The zero-order valence-electron chi connectivity index (χ0n) is 16.4. The number of ether oxygens (including phenoxy) is 2. The van der Waals surface area contributed by atoms with E-state index in [1.807, 2.05) is 12.1 Å². The van der Waals surface area contributed by atoms with Gasteiger partial charge in [-0.15, -0.1) is 11.3 Å². The van der Waals surface area contributed by atoms with Gasteiger partial charge in [-0.1, -0.05) is 23.7 Å². The minimum absolute atomic E-state index is 0.0892. The van der Waals surface area contributed by atoms with Crippen molar-refractivity contribution < 1.29 is 19.1 Å². The lowest BCUT2D eigenvalue weighted by atomic mass is 10.3. The molecule has 0 spiro atoms. The van der Waals surface area contributed by atoms with Gasteiger partial charge >= 0.3 is 5.97 Å². The third kappa shape index (κ3) is 5.45. The fourth-order valence-electron chi connectivity index (χ4n) is 2.54. The highest BCUT2D eigenvalue weighted by molar-refractivity contribution is 7.13. The molecule has 4 rings (SSSR count). The minimum Gasteiger partial charge on any atom is -0.456 e. The summed E-state index contributed by atoms with van der Waals surface area (Å²) in [6.45, 7) is -0.453. The smallest absolute Gasteiger partial charge is 0.358 e. The lowest BCUT2D eigenvalue weighted by Gasteiger charge is -2.09. The number of para-hydroxylation sites is 1. The number of nitrogens with zero attached hydrogens (tertiary/aromatic N) is 3. The molecule has 0 atom stereocenters. The molecule has 0 aliphatic heterocycles. The van der Waals surface area contributed by atoms with Crippen LogP contribution in [0, 0.1) is 0 Å². The van der Waals surface area contributed by atoms with Crippen LogP contribution in [0.5, 0.6) is 11.5 Å². The Morgan fingerprint density at radius 3 is 2.50 bits per heavy atom. The van der Waals surface area contributed by atoms with Gasteiger partial charge in [-0.25, -0.2) is 19.7 Å². The molecule has 0 bridgehead atoms. The van der Waals surface area contributed by atoms with Crippen LogP contribution in [0.25, 0.3) is 10.8 Å². The molecule has 2 aromatic carbocycles. The highest BCUT2D eigenvalue weighted by atomic mass is 35.5. The summed E-state index contributed by atoms with van der Waals surface area (Å²) in [6, 6.07) is 15.5. The van der Waals surface area contributed by atoms with Gasteiger partial charge in [0.1, 0.15) is 11.5 Å². The van der Waals surface area contributed by atoms with Crippen molar-refractivity contribution in [3.8, 4) is 22.3 Å². The fourth-order valence-corrected chi connectivity index (χ4v) is 3.45. The maximum absolute atomic E-state index is 12.2. The van der Waals surface area contributed by atoms with Crippen LogP contribution in [0.15, 0.2) is 72.4 Å². The Balaban J connectivity index is 1.28. The van der Waals surface area contributed by atoms with Gasteiger partial charge in [-0.3, -0.25) is 4.79 Å². The summed E-state index contributed by atoms with van der Waals surface area (Å²) in [5.41, 5.74) is 0.612. The molecular formula is C22H15ClN4O4S. The molecular weight excluding hydrogens is 452 g/mol. The van der Waals surface area contributed by atoms with Crippen LogP contribution >= 0.6 is 22.9 Å². The molecule has 0 saturated carbocycles. The predicted octanol–water partition coefficient (Wildman–Crippen LogP) is 4.84. The summed E-state index contributed by atoms with van der Waals surface area (Å²) in [7, 11) is 0. The van der Waals surface area contributed by atoms with Crippen LogP contribution < -0.4 is 10.1 Å². The number of hydrogen-bond acceptors (Lipinski definition) is 8. The average molecular weight is 467 g/mol. The number of amides is 1. The van der Waals surface area contributed by atoms with E-state index in [2.05, 4.69) is 20.3 Å². The number of thiazole rings is 1. The van der Waals surface area contributed by atoms with Gasteiger partial charge in [0.05, 0.1) is 5.02 Å². The molecule has 2 heterocycles. The Hall–Kier alpha value is -3.82. The van der Waals surface area contributed by atoms with Crippen molar-refractivity contribution >= 4 is 40.5 Å². The Bertz CT molecular complexity index is 1230. The molecule has 0 unspecified atom stereocenters. The van der Waals surface area contributed by atoms with Crippen LogP contribution in [0.2, 0.25) is 5.02 Å². The number of anilines is 1. The van der Waals surface area contributed by atoms with Crippen molar-refractivity contribution in [2.24, 2.45) is 0 Å². The lowest BCUT2D eigenvalue weighted by molar-refractivity contribution is -0.119. The van der Waals surface area contributed by atoms with E-state index in [1.165, 1.54) is 16.7 Å². The van der Waals surface area contributed by atoms with Crippen molar-refractivity contribution in [2.45, 2.75) is 0 Å². The first kappa shape index (κ1) is 21.4. The van der Waals surface area contributed by atoms with E-state index < -0.39 is 18.5 Å². The van der Waals surface area contributed by atoms with E-state index in [9.17, 15) is 9.59 Å². The van der Waals surface area contributed by atoms with E-state index in [4.69, 9.17) is 21.1 Å². The molecule has 1 amide bonds. The van der Waals surface area contributed by atoms with Crippen molar-refractivity contribution in [2.75, 3.05) is 11.9 Å². The molecule has 0 fully saturated rings. The van der Waals surface area contributed by atoms with E-state index >= 15 is 0 Å². The average Bonchev–Trinajstić information content (AvgIpc) is 3.31. The van der Waals surface area contributed by atoms with E-state index in [0.29, 0.717) is 33.0 Å². The van der Waals surface area contributed by atoms with Crippen molar-refractivity contribution in [3.63, 3.8) is 0 Å². The standard InChI is InChI=1S/C22H15ClN4O4S/c23-16-4-1-2-5-18(16)31-15-8-6-14(7-9-15)26-19(28)12-30-22(29)17-13-32-21(27-17)20-24-10-3-11-25-20/h1-11,13H,12H2,(H,26,28). The number of esters is 1. The third-order valence-electron chi connectivity index (χ3n) is 4.01. The SMILES string of the molecule is O=C(COC(=O)c1csc(-c2ncccn2)n1)Nc1ccc(Oc2ccccc2Cl)cc1. The number of carbonyl (C=O) groups excluding carboxylic acids is 2. The second kappa shape index (κ2) is 9.99. The molecule has 160 valence electrons. The van der Waals surface area contributed by atoms with Crippen LogP contribution in [-0.2, 0) is 9.53 Å². The minimum atomic E-state index is -0.706. The van der Waals surface area contributed by atoms with Crippen LogP contribution in [0.3, 0.4) is 0 Å². The van der Waals surface area contributed by atoms with Gasteiger partial charge in [0, 0.05) is 23.5 Å². The highest BCUT2D eigenvalue weighted by Crippen LogP contribution is 2.29. The topological polar surface area (TPSA) is 103 Å². The molecule has 10 heteroatoms. The van der Waals surface area contributed by atoms with Crippen molar-refractivity contribution in [3.05, 3.63) is 83.1 Å². The van der Waals surface area contributed by atoms with Gasteiger partial charge in [0.2, 0.25) is 0 Å². The quantitative estimate of drug-likeness (QED) is 0.388. The van der Waals surface area contributed by atoms with Gasteiger partial charge in [-0.2, -0.15) is 0 Å². The Labute approximate surface area is 191 Å². The molecule has 0 aliphatic carbocycles. The molecule has 8 nitrogen and oxygen atoms in total. The maximum Gasteiger partial charge on any atom is 0.358 e. The number of aromatic nitrogens is 3. The molecule has 0 saturated heterocycles. The normalized spacial score (nSPS) is 10.4. The van der Waals surface area contributed by atoms with Gasteiger partial charge in [0.15, 0.2) is 23.1 Å². The molecule has 0 aliphatic rings. The van der Waals surface area contributed by atoms with Crippen molar-refractivity contribution in [1.29, 1.82) is 0 Å². The summed E-state index contributed by atoms with van der Waals surface area (Å²) < 4.78 is 10.7. The number of benzene rings is 2. The first-order valence-corrected chi connectivity index (χ1v) is 10.6. The van der Waals surface area contributed by atoms with E-state index in [1.54, 1.807) is 54.9 Å². The number of halogens is 1. The predicted molar refractivity (Wildman–Crippen MR) is 120 cm³/mol. The summed E-state index contributed by atoms with van der Waals surface area (Å²) >= 11 is 7.29. The monoisotopic (exact) mass is 466 g/mol. The number of nitrogens with one attached hydrogen (secondary N) is 1. The number of hydrogen-bond donors (Lipinski definition) is 1. The molecule has 1 N–H and O–H groups in total. The summed E-state index contributed by atoms with van der Waals surface area (Å²) in [5, 5.41) is 5.16. The molecule has 4 aromatic rings. The van der Waals surface area contributed by atoms with E-state index in [-0.39, 0.29) is 5.69 Å². The second-order valence-electron chi connectivity index (χ2n) is 6.29. The zero-order chi connectivity index (χ0) is 22.3. The van der Waals surface area contributed by atoms with Crippen LogP contribution in [0.4, 0.5) is 5.69 Å². The van der Waals surface area contributed by atoms with Gasteiger partial charge in [-0.05, 0) is 42.5 Å². The van der Waals surface area contributed by atoms with E-state index in [0.717, 1.165) is 0 Å². The molecule has 0 radical (unpaired) electrons. The third-order valence-corrected chi connectivity index (χ3v) is 5.16. The lowest BCUT2D eigenvalue weighted by Crippen LogP contribution is -2.21. The number of carbonyl (C=O) groups is 2. The summed E-state index contributed by atoms with van der Waals surface area (Å²) in [4.78, 5) is 36.6. The maximum atomic E-state index is 12.2. The second-order valence-corrected chi connectivity index (χ2v) is 7.56. The van der Waals surface area contributed by atoms with Gasteiger partial charge in [0.25, 0.3) is 5.91 Å². The number of rotatable bonds is 7. The van der Waals surface area contributed by atoms with Gasteiger partial charge < -0.3 is 14.8 Å². The first-order valence-electron chi connectivity index (χ1n) is 9.31. The fraction of sp³-hybridized carbons (Fsp3) is 0.0455. The molecule has 32 heavy (non-hydrogen) atoms. The highest BCUT2D eigenvalue weighted by Gasteiger charge is 2.16. The largest absolute Gasteiger partial charge is 0.456 e. The first-order chi connectivity index (χ1) is 15.6. The van der Waals surface area contributed by atoms with Crippen LogP contribution in [0.1, 0.15) is 10.5 Å². The Morgan fingerprint density at radius 1 is 1.00 bits per heavy atom. The summed E-state index contributed by atoms with van der Waals surface area (Å²) in [6.07, 6.45) is 3.17. The van der Waals surface area contributed by atoms with Crippen molar-refractivity contribution in [1.82, 2.24) is 15.0 Å².